The van der Waals surface area contributed by atoms with Crippen LogP contribution in [0.1, 0.15) is 5.56 Å². The number of anilines is 1. The molecule has 0 spiro atoms. The van der Waals surface area contributed by atoms with Gasteiger partial charge >= 0.3 is 0 Å². The lowest BCUT2D eigenvalue weighted by atomic mass is 10.1. The van der Waals surface area contributed by atoms with Crippen molar-refractivity contribution in [1.29, 1.82) is 0 Å². The number of pyridine rings is 1. The highest BCUT2D eigenvalue weighted by atomic mass is 15.3. The number of amidine groups is 1. The van der Waals surface area contributed by atoms with E-state index < -0.39 is 0 Å². The van der Waals surface area contributed by atoms with Gasteiger partial charge in [-0.15, -0.1) is 5.10 Å². The van der Waals surface area contributed by atoms with E-state index in [4.69, 9.17) is 15.8 Å². The first kappa shape index (κ1) is 15.6. The molecule has 0 unspecified atom stereocenters. The Bertz CT molecular complexity index is 1140. The number of nitrogen functional groups attached to an aromatic ring is 1. The fourth-order valence-electron chi connectivity index (χ4n) is 3.28. The van der Waals surface area contributed by atoms with Gasteiger partial charge in [-0.25, -0.2) is 9.50 Å². The minimum Gasteiger partial charge on any atom is -0.399 e. The highest BCUT2D eigenvalue weighted by Gasteiger charge is 2.18. The first-order valence-electron chi connectivity index (χ1n) is 8.88. The van der Waals surface area contributed by atoms with Gasteiger partial charge in [0.1, 0.15) is 5.84 Å². The number of nitrogens with zero attached hydrogens (tertiary/aromatic N) is 4. The predicted molar refractivity (Wildman–Crippen MR) is 108 cm³/mol. The van der Waals surface area contributed by atoms with Gasteiger partial charge in [-0.1, -0.05) is 30.3 Å². The van der Waals surface area contributed by atoms with Crippen LogP contribution in [0.4, 0.5) is 5.69 Å². The van der Waals surface area contributed by atoms with Crippen molar-refractivity contribution in [2.75, 3.05) is 18.8 Å². The normalized spacial score (nSPS) is 13.6. The first-order valence-corrected chi connectivity index (χ1v) is 8.88. The number of aromatic nitrogens is 3. The second-order valence-corrected chi connectivity index (χ2v) is 6.49. The average molecular weight is 354 g/mol. The van der Waals surface area contributed by atoms with Gasteiger partial charge in [0.25, 0.3) is 0 Å². The second-order valence-electron chi connectivity index (χ2n) is 6.49. The van der Waals surface area contributed by atoms with Crippen LogP contribution in [-0.2, 0) is 0 Å². The van der Waals surface area contributed by atoms with Crippen molar-refractivity contribution in [2.45, 2.75) is 0 Å². The molecule has 0 fully saturated rings. The Hall–Kier alpha value is -3.67. The van der Waals surface area contributed by atoms with Gasteiger partial charge in [-0.2, -0.15) is 0 Å². The fourth-order valence-corrected chi connectivity index (χ4v) is 3.28. The van der Waals surface area contributed by atoms with Gasteiger partial charge in [0.2, 0.25) is 0 Å². The number of hydrogen-bond acceptors (Lipinski definition) is 5. The summed E-state index contributed by atoms with van der Waals surface area (Å²) in [7, 11) is 0. The number of rotatable bonds is 3. The third-order valence-corrected chi connectivity index (χ3v) is 4.64. The summed E-state index contributed by atoms with van der Waals surface area (Å²) < 4.78 is 1.84. The molecule has 0 bridgehead atoms. The van der Waals surface area contributed by atoms with E-state index in [1.54, 1.807) is 0 Å². The average Bonchev–Trinajstić information content (AvgIpc) is 3.38. The Morgan fingerprint density at radius 2 is 1.74 bits per heavy atom. The van der Waals surface area contributed by atoms with E-state index in [0.29, 0.717) is 5.82 Å². The van der Waals surface area contributed by atoms with Crippen molar-refractivity contribution in [3.05, 3.63) is 72.4 Å². The molecule has 132 valence electrons. The Kier molecular flexibility index (Phi) is 3.60. The molecular weight excluding hydrogens is 336 g/mol. The summed E-state index contributed by atoms with van der Waals surface area (Å²) in [4.78, 5) is 9.37. The van der Waals surface area contributed by atoms with Crippen LogP contribution in [0, 0.1) is 0 Å². The Morgan fingerprint density at radius 3 is 2.48 bits per heavy atom. The Balaban J connectivity index is 1.72. The monoisotopic (exact) mass is 354 g/mol. The van der Waals surface area contributed by atoms with E-state index in [0.717, 1.165) is 52.5 Å². The van der Waals surface area contributed by atoms with Crippen molar-refractivity contribution in [2.24, 2.45) is 4.99 Å². The van der Waals surface area contributed by atoms with Crippen LogP contribution in [0.25, 0.3) is 28.2 Å². The van der Waals surface area contributed by atoms with Gasteiger partial charge in [-0.05, 0) is 35.9 Å². The lowest BCUT2D eigenvalue weighted by Crippen LogP contribution is -2.20. The van der Waals surface area contributed by atoms with Crippen LogP contribution in [0.2, 0.25) is 0 Å². The van der Waals surface area contributed by atoms with E-state index in [2.05, 4.69) is 28.5 Å². The highest BCUT2D eigenvalue weighted by molar-refractivity contribution is 6.05. The summed E-state index contributed by atoms with van der Waals surface area (Å²) in [5.41, 5.74) is 11.4. The molecule has 0 radical (unpaired) electrons. The van der Waals surface area contributed by atoms with Crippen molar-refractivity contribution < 1.29 is 0 Å². The molecule has 2 aromatic carbocycles. The third-order valence-electron chi connectivity index (χ3n) is 4.64. The van der Waals surface area contributed by atoms with Gasteiger partial charge in [0, 0.05) is 29.6 Å². The van der Waals surface area contributed by atoms with Gasteiger partial charge in [-0.3, -0.25) is 4.99 Å². The lowest BCUT2D eigenvalue weighted by Gasteiger charge is -2.08. The summed E-state index contributed by atoms with van der Waals surface area (Å²) in [6.07, 6.45) is 2.01. The molecule has 0 aliphatic carbocycles. The van der Waals surface area contributed by atoms with Crippen LogP contribution >= 0.6 is 0 Å². The molecule has 6 nitrogen and oxygen atoms in total. The number of hydrogen-bond donors (Lipinski definition) is 2. The molecule has 1 aliphatic heterocycles. The number of aliphatic imine (C=N–C) groups is 1. The zero-order chi connectivity index (χ0) is 18.2. The SMILES string of the molecule is Nc1ccc(-c2nc3c(C4=NCCN4)cc(-c4ccccc4)cn3n2)cc1. The molecule has 0 saturated carbocycles. The molecule has 27 heavy (non-hydrogen) atoms. The molecule has 0 saturated heterocycles. The number of nitrogens with two attached hydrogens (primary N) is 1. The minimum atomic E-state index is 0.667. The molecule has 3 heterocycles. The van der Waals surface area contributed by atoms with Crippen LogP contribution in [0.3, 0.4) is 0 Å². The molecule has 3 N–H and O–H groups in total. The molecule has 1 aliphatic rings. The van der Waals surface area contributed by atoms with Crippen molar-refractivity contribution in [3.63, 3.8) is 0 Å². The smallest absolute Gasteiger partial charge is 0.182 e. The maximum atomic E-state index is 5.80. The van der Waals surface area contributed by atoms with Gasteiger partial charge in [0.05, 0.1) is 12.1 Å². The molecule has 2 aromatic heterocycles. The standard InChI is InChI=1S/C21H18N6/c22-17-8-6-15(7-9-17)19-25-21-18(20-23-10-11-24-20)12-16(13-27(21)26-19)14-4-2-1-3-5-14/h1-9,12-13H,10-11,22H2,(H,23,24). The van der Waals surface area contributed by atoms with E-state index in [1.165, 1.54) is 0 Å². The van der Waals surface area contributed by atoms with Gasteiger partial charge < -0.3 is 11.1 Å². The molecule has 6 heteroatoms. The predicted octanol–water partition coefficient (Wildman–Crippen LogP) is 3.00. The van der Waals surface area contributed by atoms with Crippen molar-refractivity contribution in [3.8, 4) is 22.5 Å². The molecular formula is C21H18N6. The second kappa shape index (κ2) is 6.25. The summed E-state index contributed by atoms with van der Waals surface area (Å²) in [5, 5.41) is 8.07. The van der Waals surface area contributed by atoms with Crippen LogP contribution < -0.4 is 11.1 Å². The summed E-state index contributed by atoms with van der Waals surface area (Å²) in [6, 6.07) is 20.0. The summed E-state index contributed by atoms with van der Waals surface area (Å²) >= 11 is 0. The fraction of sp³-hybridized carbons (Fsp3) is 0.0952. The minimum absolute atomic E-state index is 0.667. The van der Waals surface area contributed by atoms with Crippen LogP contribution in [0.15, 0.2) is 71.9 Å². The van der Waals surface area contributed by atoms with Crippen molar-refractivity contribution >= 4 is 17.2 Å². The zero-order valence-corrected chi connectivity index (χ0v) is 14.6. The van der Waals surface area contributed by atoms with E-state index in [9.17, 15) is 0 Å². The summed E-state index contributed by atoms with van der Waals surface area (Å²) in [5.74, 6) is 1.54. The maximum absolute atomic E-state index is 5.80. The van der Waals surface area contributed by atoms with Gasteiger partial charge in [0.15, 0.2) is 11.5 Å². The van der Waals surface area contributed by atoms with Crippen LogP contribution in [0.5, 0.6) is 0 Å². The number of fused-ring (bicyclic) bond motifs is 1. The quantitative estimate of drug-likeness (QED) is 0.554. The summed E-state index contributed by atoms with van der Waals surface area (Å²) in [6.45, 7) is 1.62. The molecule has 4 aromatic rings. The zero-order valence-electron chi connectivity index (χ0n) is 14.6. The van der Waals surface area contributed by atoms with E-state index in [-0.39, 0.29) is 0 Å². The van der Waals surface area contributed by atoms with E-state index >= 15 is 0 Å². The third kappa shape index (κ3) is 2.81. The Morgan fingerprint density at radius 1 is 0.926 bits per heavy atom. The van der Waals surface area contributed by atoms with Crippen LogP contribution in [-0.4, -0.2) is 33.5 Å². The number of nitrogens with one attached hydrogen (secondary N) is 1. The molecule has 0 atom stereocenters. The Labute approximate surface area is 156 Å². The molecule has 5 rings (SSSR count). The lowest BCUT2D eigenvalue weighted by molar-refractivity contribution is 0.954. The largest absolute Gasteiger partial charge is 0.399 e. The highest BCUT2D eigenvalue weighted by Crippen LogP contribution is 2.25. The first-order chi connectivity index (χ1) is 13.3. The number of benzene rings is 2. The molecule has 0 amide bonds. The maximum Gasteiger partial charge on any atom is 0.182 e. The topological polar surface area (TPSA) is 80.6 Å². The van der Waals surface area contributed by atoms with E-state index in [1.807, 2.05) is 53.2 Å². The van der Waals surface area contributed by atoms with Crippen molar-refractivity contribution in [1.82, 2.24) is 19.9 Å².